The van der Waals surface area contributed by atoms with E-state index in [9.17, 15) is 4.79 Å². The van der Waals surface area contributed by atoms with Gasteiger partial charge in [-0.25, -0.2) is 4.79 Å². The van der Waals surface area contributed by atoms with Gasteiger partial charge in [0.1, 0.15) is 6.10 Å². The lowest BCUT2D eigenvalue weighted by Gasteiger charge is -2.33. The Balaban J connectivity index is 0.00000220. The minimum atomic E-state index is -0.215. The molecule has 1 saturated carbocycles. The summed E-state index contributed by atoms with van der Waals surface area (Å²) < 4.78 is 6.57. The molecule has 0 saturated heterocycles. The number of halogens is 2. The van der Waals surface area contributed by atoms with Crippen molar-refractivity contribution in [2.45, 2.75) is 31.8 Å². The summed E-state index contributed by atoms with van der Waals surface area (Å²) in [6.45, 7) is 0.980. The Morgan fingerprint density at radius 2 is 1.95 bits per heavy atom. The molecule has 0 aromatic heterocycles. The number of hydrogen-bond acceptors (Lipinski definition) is 3. The summed E-state index contributed by atoms with van der Waals surface area (Å²) in [6, 6.07) is 7.43. The summed E-state index contributed by atoms with van der Waals surface area (Å²) >= 11 is 3.41. The molecule has 1 fully saturated rings. The molecule has 21 heavy (non-hydrogen) atoms. The number of hydrogen-bond donors (Lipinski definition) is 0. The molecule has 0 N–H and O–H groups in total. The van der Waals surface area contributed by atoms with Gasteiger partial charge in [-0.05, 0) is 61.4 Å². The molecule has 0 bridgehead atoms. The van der Waals surface area contributed by atoms with Crippen LogP contribution in [-0.4, -0.2) is 37.6 Å². The van der Waals surface area contributed by atoms with E-state index in [1.54, 1.807) is 6.07 Å². The molecule has 2 rings (SSSR count). The van der Waals surface area contributed by atoms with Gasteiger partial charge in [0.05, 0.1) is 5.56 Å². The third-order valence-electron chi connectivity index (χ3n) is 3.79. The van der Waals surface area contributed by atoms with Gasteiger partial charge in [-0.15, -0.1) is 12.4 Å². The van der Waals surface area contributed by atoms with Gasteiger partial charge in [0.25, 0.3) is 0 Å². The van der Waals surface area contributed by atoms with Crippen LogP contribution in [0.2, 0.25) is 0 Å². The molecule has 1 aliphatic carbocycles. The minimum absolute atomic E-state index is 0. The number of carbonyl (C=O) groups excluding carboxylic acids is 1. The lowest BCUT2D eigenvalue weighted by atomic mass is 9.86. The first kappa shape index (κ1) is 18.5. The number of esters is 1. The van der Waals surface area contributed by atoms with Gasteiger partial charge in [-0.1, -0.05) is 18.6 Å². The summed E-state index contributed by atoms with van der Waals surface area (Å²) in [4.78, 5) is 14.5. The van der Waals surface area contributed by atoms with Crippen LogP contribution in [0.3, 0.4) is 0 Å². The van der Waals surface area contributed by atoms with Crippen LogP contribution in [0.15, 0.2) is 28.7 Å². The first-order valence-electron chi connectivity index (χ1n) is 7.18. The number of ether oxygens (including phenoxy) is 1. The van der Waals surface area contributed by atoms with Crippen LogP contribution in [0, 0.1) is 5.92 Å². The summed E-state index contributed by atoms with van der Waals surface area (Å²) in [5.74, 6) is 0.235. The molecule has 1 aliphatic rings. The van der Waals surface area contributed by atoms with Crippen molar-refractivity contribution in [1.29, 1.82) is 0 Å². The van der Waals surface area contributed by atoms with Crippen LogP contribution in [0.4, 0.5) is 0 Å². The van der Waals surface area contributed by atoms with Crippen molar-refractivity contribution in [3.63, 3.8) is 0 Å². The fraction of sp³-hybridized carbons (Fsp3) is 0.562. The van der Waals surface area contributed by atoms with Crippen molar-refractivity contribution in [3.8, 4) is 0 Å². The zero-order valence-corrected chi connectivity index (χ0v) is 15.0. The fourth-order valence-electron chi connectivity index (χ4n) is 2.83. The Labute approximate surface area is 141 Å². The van der Waals surface area contributed by atoms with E-state index in [-0.39, 0.29) is 24.5 Å². The Kier molecular flexibility index (Phi) is 7.71. The largest absolute Gasteiger partial charge is 0.458 e. The smallest absolute Gasteiger partial charge is 0.339 e. The molecule has 3 nitrogen and oxygen atoms in total. The van der Waals surface area contributed by atoms with Gasteiger partial charge in [0, 0.05) is 16.9 Å². The predicted octanol–water partition coefficient (Wildman–Crippen LogP) is 4.15. The van der Waals surface area contributed by atoms with Gasteiger partial charge >= 0.3 is 5.97 Å². The number of nitrogens with zero attached hydrogens (tertiary/aromatic N) is 1. The Morgan fingerprint density at radius 1 is 1.29 bits per heavy atom. The SMILES string of the molecule is CN(C)CC1CCCCC1OC(=O)c1ccccc1Br.Cl. The topological polar surface area (TPSA) is 29.5 Å². The highest BCUT2D eigenvalue weighted by Gasteiger charge is 2.29. The van der Waals surface area contributed by atoms with Crippen LogP contribution in [0.1, 0.15) is 36.0 Å². The normalized spacial score (nSPS) is 21.7. The van der Waals surface area contributed by atoms with E-state index in [0.29, 0.717) is 11.5 Å². The maximum atomic E-state index is 12.3. The van der Waals surface area contributed by atoms with Crippen molar-refractivity contribution >= 4 is 34.3 Å². The minimum Gasteiger partial charge on any atom is -0.458 e. The first-order chi connectivity index (χ1) is 9.58. The van der Waals surface area contributed by atoms with Crippen LogP contribution in [-0.2, 0) is 4.74 Å². The molecule has 0 spiro atoms. The maximum Gasteiger partial charge on any atom is 0.339 e. The summed E-state index contributed by atoms with van der Waals surface area (Å²) in [6.07, 6.45) is 4.56. The summed E-state index contributed by atoms with van der Waals surface area (Å²) in [5.41, 5.74) is 0.613. The predicted molar refractivity (Wildman–Crippen MR) is 91.1 cm³/mol. The van der Waals surface area contributed by atoms with E-state index >= 15 is 0 Å². The third kappa shape index (κ3) is 5.28. The van der Waals surface area contributed by atoms with E-state index < -0.39 is 0 Å². The highest BCUT2D eigenvalue weighted by atomic mass is 79.9. The third-order valence-corrected chi connectivity index (χ3v) is 4.48. The van der Waals surface area contributed by atoms with Gasteiger partial charge < -0.3 is 9.64 Å². The Morgan fingerprint density at radius 3 is 2.62 bits per heavy atom. The fourth-order valence-corrected chi connectivity index (χ4v) is 3.28. The molecule has 0 radical (unpaired) electrons. The first-order valence-corrected chi connectivity index (χ1v) is 7.97. The zero-order valence-electron chi connectivity index (χ0n) is 12.5. The molecule has 0 aliphatic heterocycles. The molecule has 5 heteroatoms. The maximum absolute atomic E-state index is 12.3. The summed E-state index contributed by atoms with van der Waals surface area (Å²) in [7, 11) is 4.14. The number of rotatable bonds is 4. The van der Waals surface area contributed by atoms with Crippen LogP contribution >= 0.6 is 28.3 Å². The summed E-state index contributed by atoms with van der Waals surface area (Å²) in [5, 5.41) is 0. The van der Waals surface area contributed by atoms with E-state index in [4.69, 9.17) is 4.74 Å². The van der Waals surface area contributed by atoms with Crippen molar-refractivity contribution < 1.29 is 9.53 Å². The second kappa shape index (κ2) is 8.76. The Hall–Kier alpha value is -0.580. The molecule has 0 heterocycles. The van der Waals surface area contributed by atoms with Crippen LogP contribution in [0.25, 0.3) is 0 Å². The molecular formula is C16H23BrClNO2. The molecule has 0 amide bonds. The Bertz CT molecular complexity index is 467. The van der Waals surface area contributed by atoms with E-state index in [2.05, 4.69) is 34.9 Å². The standard InChI is InChI=1S/C16H22BrNO2.ClH/c1-18(2)11-12-7-3-6-10-15(12)20-16(19)13-8-4-5-9-14(13)17;/h4-5,8-9,12,15H,3,6-7,10-11H2,1-2H3;1H. The molecule has 1 aromatic carbocycles. The second-order valence-electron chi connectivity index (χ2n) is 5.73. The van der Waals surface area contributed by atoms with Gasteiger partial charge in [-0.3, -0.25) is 0 Å². The second-order valence-corrected chi connectivity index (χ2v) is 6.58. The number of benzene rings is 1. The van der Waals surface area contributed by atoms with Gasteiger partial charge in [0.2, 0.25) is 0 Å². The van der Waals surface area contributed by atoms with E-state index in [1.165, 1.54) is 6.42 Å². The zero-order chi connectivity index (χ0) is 14.5. The number of carbonyl (C=O) groups is 1. The van der Waals surface area contributed by atoms with Crippen molar-refractivity contribution in [2.75, 3.05) is 20.6 Å². The van der Waals surface area contributed by atoms with Crippen molar-refractivity contribution in [3.05, 3.63) is 34.3 Å². The van der Waals surface area contributed by atoms with Crippen molar-refractivity contribution in [1.82, 2.24) is 4.90 Å². The van der Waals surface area contributed by atoms with Crippen molar-refractivity contribution in [2.24, 2.45) is 5.92 Å². The highest BCUT2D eigenvalue weighted by molar-refractivity contribution is 9.10. The molecular weight excluding hydrogens is 354 g/mol. The van der Waals surface area contributed by atoms with E-state index in [1.807, 2.05) is 18.2 Å². The highest BCUT2D eigenvalue weighted by Crippen LogP contribution is 2.29. The van der Waals surface area contributed by atoms with Crippen LogP contribution in [0.5, 0.6) is 0 Å². The molecule has 2 atom stereocenters. The van der Waals surface area contributed by atoms with Gasteiger partial charge in [0.15, 0.2) is 0 Å². The molecule has 1 aromatic rings. The molecule has 2 unspecified atom stereocenters. The molecule has 118 valence electrons. The quantitative estimate of drug-likeness (QED) is 0.739. The van der Waals surface area contributed by atoms with Gasteiger partial charge in [-0.2, -0.15) is 0 Å². The average molecular weight is 377 g/mol. The van der Waals surface area contributed by atoms with E-state index in [0.717, 1.165) is 30.3 Å². The van der Waals surface area contributed by atoms with Crippen LogP contribution < -0.4 is 0 Å². The monoisotopic (exact) mass is 375 g/mol. The average Bonchev–Trinajstić information content (AvgIpc) is 2.41. The lowest BCUT2D eigenvalue weighted by Crippen LogP contribution is -2.36. The lowest BCUT2D eigenvalue weighted by molar-refractivity contribution is -0.00333.